The lowest BCUT2D eigenvalue weighted by Crippen LogP contribution is -2.50. The number of carbonyl (C=O) groups excluding carboxylic acids is 2. The smallest absolute Gasteiger partial charge is 0.229 e. The largest absolute Gasteiger partial charge is 0.379 e. The third-order valence-corrected chi connectivity index (χ3v) is 3.78. The minimum Gasteiger partial charge on any atom is -0.379 e. The number of hydrogen-bond donors (Lipinski definition) is 2. The second-order valence-corrected chi connectivity index (χ2v) is 5.11. The van der Waals surface area contributed by atoms with E-state index in [0.29, 0.717) is 39.3 Å². The van der Waals surface area contributed by atoms with Gasteiger partial charge in [0.1, 0.15) is 0 Å². The highest BCUT2D eigenvalue weighted by Gasteiger charge is 2.44. The quantitative estimate of drug-likeness (QED) is 0.696. The summed E-state index contributed by atoms with van der Waals surface area (Å²) < 4.78 is 5.23. The number of carbonyl (C=O) groups is 2. The Morgan fingerprint density at radius 1 is 1.42 bits per heavy atom. The molecule has 1 saturated heterocycles. The lowest BCUT2D eigenvalue weighted by molar-refractivity contribution is -0.132. The number of amides is 2. The number of hydrogen-bond acceptors (Lipinski definition) is 4. The van der Waals surface area contributed by atoms with Gasteiger partial charge in [0.25, 0.3) is 0 Å². The maximum atomic E-state index is 12.1. The number of nitrogens with one attached hydrogen (secondary N) is 1. The average molecular weight is 271 g/mol. The molecule has 2 unspecified atom stereocenters. The van der Waals surface area contributed by atoms with Crippen molar-refractivity contribution in [3.63, 3.8) is 0 Å². The highest BCUT2D eigenvalue weighted by molar-refractivity contribution is 5.84. The van der Waals surface area contributed by atoms with E-state index in [1.165, 1.54) is 0 Å². The Bertz CT molecular complexity index is 331. The van der Waals surface area contributed by atoms with E-state index in [4.69, 9.17) is 10.5 Å². The van der Waals surface area contributed by atoms with Crippen LogP contribution in [-0.2, 0) is 14.3 Å². The molecule has 19 heavy (non-hydrogen) atoms. The van der Waals surface area contributed by atoms with Gasteiger partial charge in [0.05, 0.1) is 18.6 Å². The van der Waals surface area contributed by atoms with Crippen LogP contribution in [0.1, 0.15) is 27.2 Å². The van der Waals surface area contributed by atoms with Gasteiger partial charge in [-0.15, -0.1) is 0 Å². The van der Waals surface area contributed by atoms with Crippen LogP contribution >= 0.6 is 0 Å². The van der Waals surface area contributed by atoms with Gasteiger partial charge in [0.15, 0.2) is 0 Å². The van der Waals surface area contributed by atoms with Crippen LogP contribution in [0.25, 0.3) is 0 Å². The number of nitrogens with two attached hydrogens (primary N) is 1. The van der Waals surface area contributed by atoms with Gasteiger partial charge in [0, 0.05) is 32.1 Å². The fraction of sp³-hybridized carbons (Fsp3) is 0.846. The van der Waals surface area contributed by atoms with Gasteiger partial charge in [-0.1, -0.05) is 0 Å². The van der Waals surface area contributed by atoms with Crippen LogP contribution in [0.5, 0.6) is 0 Å². The Hall–Kier alpha value is -1.14. The van der Waals surface area contributed by atoms with Crippen molar-refractivity contribution in [2.75, 3.05) is 32.8 Å². The Morgan fingerprint density at radius 3 is 2.53 bits per heavy atom. The predicted molar refractivity (Wildman–Crippen MR) is 72.5 cm³/mol. The lowest BCUT2D eigenvalue weighted by atomic mass is 9.85. The zero-order valence-corrected chi connectivity index (χ0v) is 12.1. The van der Waals surface area contributed by atoms with Crippen LogP contribution in [0.15, 0.2) is 0 Å². The molecule has 0 saturated carbocycles. The highest BCUT2D eigenvalue weighted by Crippen LogP contribution is 2.26. The molecule has 2 amide bonds. The molecule has 1 rings (SSSR count). The van der Waals surface area contributed by atoms with Gasteiger partial charge < -0.3 is 20.7 Å². The third-order valence-electron chi connectivity index (χ3n) is 3.78. The van der Waals surface area contributed by atoms with E-state index < -0.39 is 5.41 Å². The predicted octanol–water partition coefficient (Wildman–Crippen LogP) is -0.275. The summed E-state index contributed by atoms with van der Waals surface area (Å²) in [6, 6.07) is -0.286. The molecular weight excluding hydrogens is 246 g/mol. The van der Waals surface area contributed by atoms with Crippen LogP contribution in [-0.4, -0.2) is 55.6 Å². The zero-order valence-electron chi connectivity index (χ0n) is 12.1. The van der Waals surface area contributed by atoms with E-state index in [1.54, 1.807) is 11.8 Å². The normalized spacial score (nSPS) is 26.2. The molecule has 0 spiro atoms. The molecule has 0 aliphatic carbocycles. The van der Waals surface area contributed by atoms with Crippen molar-refractivity contribution in [1.82, 2.24) is 10.2 Å². The Kier molecular flexibility index (Phi) is 5.75. The fourth-order valence-electron chi connectivity index (χ4n) is 2.14. The van der Waals surface area contributed by atoms with Crippen molar-refractivity contribution in [2.24, 2.45) is 11.1 Å². The van der Waals surface area contributed by atoms with E-state index in [0.717, 1.165) is 0 Å². The van der Waals surface area contributed by atoms with Gasteiger partial charge in [0.2, 0.25) is 11.8 Å². The van der Waals surface area contributed by atoms with Gasteiger partial charge in [-0.3, -0.25) is 9.59 Å². The highest BCUT2D eigenvalue weighted by atomic mass is 16.5. The molecule has 0 aromatic heterocycles. The first-order valence-electron chi connectivity index (χ1n) is 6.85. The molecule has 6 nitrogen and oxygen atoms in total. The van der Waals surface area contributed by atoms with E-state index >= 15 is 0 Å². The molecule has 0 aromatic carbocycles. The second kappa shape index (κ2) is 6.86. The molecule has 3 N–H and O–H groups in total. The molecule has 1 fully saturated rings. The first kappa shape index (κ1) is 15.9. The van der Waals surface area contributed by atoms with Crippen LogP contribution in [0, 0.1) is 5.41 Å². The van der Waals surface area contributed by atoms with Gasteiger partial charge >= 0.3 is 0 Å². The first-order chi connectivity index (χ1) is 8.95. The number of rotatable bonds is 6. The molecule has 1 aliphatic rings. The average Bonchev–Trinajstić information content (AvgIpc) is 2.72. The van der Waals surface area contributed by atoms with E-state index in [1.807, 2.05) is 13.8 Å². The molecule has 110 valence electrons. The van der Waals surface area contributed by atoms with Crippen molar-refractivity contribution in [2.45, 2.75) is 33.2 Å². The van der Waals surface area contributed by atoms with E-state index in [9.17, 15) is 9.59 Å². The fourth-order valence-corrected chi connectivity index (χ4v) is 2.14. The van der Waals surface area contributed by atoms with Gasteiger partial charge in [-0.05, 0) is 20.8 Å². The maximum Gasteiger partial charge on any atom is 0.229 e. The van der Waals surface area contributed by atoms with Crippen molar-refractivity contribution >= 4 is 11.8 Å². The number of ether oxygens (including phenoxy) is 1. The van der Waals surface area contributed by atoms with Crippen LogP contribution in [0.4, 0.5) is 0 Å². The monoisotopic (exact) mass is 271 g/mol. The molecule has 2 atom stereocenters. The standard InChI is InChI=1S/C13H25N3O3/c1-4-16(5-2)11(17)6-7-15-12(18)13(3)9-19-8-10(13)14/h10H,4-9,14H2,1-3H3,(H,15,18). The zero-order chi connectivity index (χ0) is 14.5. The summed E-state index contributed by atoms with van der Waals surface area (Å²) in [4.78, 5) is 25.6. The Balaban J connectivity index is 2.37. The molecule has 0 aromatic rings. The van der Waals surface area contributed by atoms with Gasteiger partial charge in [-0.2, -0.15) is 0 Å². The SMILES string of the molecule is CCN(CC)C(=O)CCNC(=O)C1(C)COCC1N. The molecular formula is C13H25N3O3. The Labute approximate surface area is 114 Å². The summed E-state index contributed by atoms with van der Waals surface area (Å²) in [5.41, 5.74) is 5.19. The van der Waals surface area contributed by atoms with Crippen LogP contribution in [0.3, 0.4) is 0 Å². The van der Waals surface area contributed by atoms with E-state index in [2.05, 4.69) is 5.32 Å². The van der Waals surface area contributed by atoms with Crippen molar-refractivity contribution in [3.05, 3.63) is 0 Å². The molecule has 1 aliphatic heterocycles. The van der Waals surface area contributed by atoms with Gasteiger partial charge in [-0.25, -0.2) is 0 Å². The van der Waals surface area contributed by atoms with Crippen molar-refractivity contribution in [3.8, 4) is 0 Å². The molecule has 0 radical (unpaired) electrons. The molecule has 6 heteroatoms. The van der Waals surface area contributed by atoms with Crippen molar-refractivity contribution < 1.29 is 14.3 Å². The van der Waals surface area contributed by atoms with Crippen molar-refractivity contribution in [1.29, 1.82) is 0 Å². The third kappa shape index (κ3) is 3.67. The minimum atomic E-state index is -0.682. The molecule has 1 heterocycles. The summed E-state index contributed by atoms with van der Waals surface area (Å²) in [5.74, 6) is -0.0766. The Morgan fingerprint density at radius 2 is 2.05 bits per heavy atom. The second-order valence-electron chi connectivity index (χ2n) is 5.11. The summed E-state index contributed by atoms with van der Waals surface area (Å²) in [5, 5.41) is 2.78. The summed E-state index contributed by atoms with van der Waals surface area (Å²) >= 11 is 0. The molecule has 0 bridgehead atoms. The topological polar surface area (TPSA) is 84.7 Å². The van der Waals surface area contributed by atoms with E-state index in [-0.39, 0.29) is 17.9 Å². The van der Waals surface area contributed by atoms with Crippen LogP contribution < -0.4 is 11.1 Å². The first-order valence-corrected chi connectivity index (χ1v) is 6.85. The minimum absolute atomic E-state index is 0.0578. The summed E-state index contributed by atoms with van der Waals surface area (Å²) in [7, 11) is 0. The summed E-state index contributed by atoms with van der Waals surface area (Å²) in [6.07, 6.45) is 0.319. The lowest BCUT2D eigenvalue weighted by Gasteiger charge is -2.25. The maximum absolute atomic E-state index is 12.1. The summed E-state index contributed by atoms with van der Waals surface area (Å²) in [6.45, 7) is 8.15. The van der Waals surface area contributed by atoms with Crippen LogP contribution in [0.2, 0.25) is 0 Å². The number of nitrogens with zero attached hydrogens (tertiary/aromatic N) is 1.